The number of rotatable bonds is 2. The Bertz CT molecular complexity index is 745. The number of nitrogens with one attached hydrogen (secondary N) is 3. The van der Waals surface area contributed by atoms with Crippen LogP contribution in [0.25, 0.3) is 0 Å². The molecule has 0 aliphatic carbocycles. The van der Waals surface area contributed by atoms with Crippen LogP contribution < -0.4 is 20.7 Å². The van der Waals surface area contributed by atoms with Crippen LogP contribution in [0.4, 0.5) is 16.2 Å². The Morgan fingerprint density at radius 1 is 1.22 bits per heavy atom. The zero-order valence-electron chi connectivity index (χ0n) is 12.6. The molecule has 2 aromatic carbocycles. The first-order valence-electron chi connectivity index (χ1n) is 7.29. The molecule has 0 fully saturated rings. The van der Waals surface area contributed by atoms with Gasteiger partial charge in [-0.3, -0.25) is 4.79 Å². The van der Waals surface area contributed by atoms with Crippen LogP contribution in [-0.4, -0.2) is 24.6 Å². The molecule has 1 atom stereocenters. The van der Waals surface area contributed by atoms with Crippen molar-refractivity contribution in [2.75, 3.05) is 17.2 Å². The maximum Gasteiger partial charge on any atom is 0.320 e. The highest BCUT2D eigenvalue weighted by atomic mass is 16.5. The third-order valence-corrected chi connectivity index (χ3v) is 3.45. The van der Waals surface area contributed by atoms with Gasteiger partial charge in [-0.15, -0.1) is 0 Å². The van der Waals surface area contributed by atoms with Gasteiger partial charge in [0.05, 0.1) is 5.69 Å². The first kappa shape index (κ1) is 14.9. The minimum atomic E-state index is -0.771. The van der Waals surface area contributed by atoms with Gasteiger partial charge in [0.2, 0.25) is 0 Å². The lowest BCUT2D eigenvalue weighted by atomic mass is 10.2. The highest BCUT2D eigenvalue weighted by Crippen LogP contribution is 2.26. The van der Waals surface area contributed by atoms with Crippen LogP contribution in [0.1, 0.15) is 5.56 Å². The van der Waals surface area contributed by atoms with Crippen LogP contribution >= 0.6 is 0 Å². The van der Waals surface area contributed by atoms with E-state index in [1.54, 1.807) is 24.3 Å². The second-order valence-corrected chi connectivity index (χ2v) is 5.32. The summed E-state index contributed by atoms with van der Waals surface area (Å²) in [6.07, 6.45) is 0. The molecule has 1 aliphatic heterocycles. The number of para-hydroxylation sites is 2. The van der Waals surface area contributed by atoms with Gasteiger partial charge in [0.1, 0.15) is 18.4 Å². The number of aryl methyl sites for hydroxylation is 1. The Kier molecular flexibility index (Phi) is 4.14. The van der Waals surface area contributed by atoms with Gasteiger partial charge in [-0.05, 0) is 36.8 Å². The van der Waals surface area contributed by atoms with E-state index in [2.05, 4.69) is 16.0 Å². The Morgan fingerprint density at radius 2 is 2.04 bits per heavy atom. The molecular formula is C17H17N3O3. The van der Waals surface area contributed by atoms with Crippen LogP contribution in [-0.2, 0) is 4.79 Å². The molecule has 0 radical (unpaired) electrons. The quantitative estimate of drug-likeness (QED) is 0.797. The van der Waals surface area contributed by atoms with Crippen LogP contribution in [0.5, 0.6) is 5.75 Å². The molecule has 23 heavy (non-hydrogen) atoms. The van der Waals surface area contributed by atoms with Crippen molar-refractivity contribution in [3.8, 4) is 5.75 Å². The molecule has 3 rings (SSSR count). The van der Waals surface area contributed by atoms with Crippen molar-refractivity contribution in [1.29, 1.82) is 0 Å². The van der Waals surface area contributed by atoms with Gasteiger partial charge < -0.3 is 20.7 Å². The molecule has 1 heterocycles. The largest absolute Gasteiger partial charge is 0.489 e. The van der Waals surface area contributed by atoms with E-state index in [9.17, 15) is 9.59 Å². The van der Waals surface area contributed by atoms with Crippen molar-refractivity contribution in [1.82, 2.24) is 5.32 Å². The molecule has 0 saturated heterocycles. The number of anilines is 2. The van der Waals surface area contributed by atoms with E-state index >= 15 is 0 Å². The summed E-state index contributed by atoms with van der Waals surface area (Å²) in [6, 6.07) is 13.3. The van der Waals surface area contributed by atoms with Gasteiger partial charge >= 0.3 is 6.03 Å². The fourth-order valence-corrected chi connectivity index (χ4v) is 2.32. The Labute approximate surface area is 133 Å². The number of hydrogen-bond acceptors (Lipinski definition) is 3. The Hall–Kier alpha value is -3.02. The highest BCUT2D eigenvalue weighted by Gasteiger charge is 2.26. The predicted molar refractivity (Wildman–Crippen MR) is 87.7 cm³/mol. The first-order chi connectivity index (χ1) is 11.1. The molecule has 3 N–H and O–H groups in total. The lowest BCUT2D eigenvalue weighted by Crippen LogP contribution is -2.47. The number of carbonyl (C=O) groups is 2. The van der Waals surface area contributed by atoms with Gasteiger partial charge in [-0.25, -0.2) is 4.79 Å². The third-order valence-electron chi connectivity index (χ3n) is 3.45. The summed E-state index contributed by atoms with van der Waals surface area (Å²) >= 11 is 0. The average molecular weight is 311 g/mol. The van der Waals surface area contributed by atoms with E-state index in [1.165, 1.54) is 0 Å². The summed E-state index contributed by atoms with van der Waals surface area (Å²) in [7, 11) is 0. The van der Waals surface area contributed by atoms with Gasteiger partial charge in [0.25, 0.3) is 5.91 Å². The number of amides is 3. The molecule has 0 spiro atoms. The van der Waals surface area contributed by atoms with E-state index in [0.717, 1.165) is 5.56 Å². The summed E-state index contributed by atoms with van der Waals surface area (Å²) in [6.45, 7) is 2.01. The predicted octanol–water partition coefficient (Wildman–Crippen LogP) is 2.52. The van der Waals surface area contributed by atoms with Crippen molar-refractivity contribution < 1.29 is 14.3 Å². The van der Waals surface area contributed by atoms with Crippen molar-refractivity contribution >= 4 is 23.3 Å². The summed E-state index contributed by atoms with van der Waals surface area (Å²) < 4.78 is 5.58. The number of fused-ring (bicyclic) bond motifs is 1. The molecule has 3 amide bonds. The molecular weight excluding hydrogens is 294 g/mol. The van der Waals surface area contributed by atoms with Gasteiger partial charge in [0, 0.05) is 5.69 Å². The fourth-order valence-electron chi connectivity index (χ4n) is 2.32. The number of ether oxygens (including phenoxy) is 1. The van der Waals surface area contributed by atoms with Crippen molar-refractivity contribution in [2.24, 2.45) is 0 Å². The van der Waals surface area contributed by atoms with E-state index in [0.29, 0.717) is 17.1 Å². The number of benzene rings is 2. The molecule has 0 bridgehead atoms. The van der Waals surface area contributed by atoms with Crippen molar-refractivity contribution in [3.05, 3.63) is 54.1 Å². The molecule has 1 aliphatic rings. The normalized spacial score (nSPS) is 16.4. The second-order valence-electron chi connectivity index (χ2n) is 5.32. The summed E-state index contributed by atoms with van der Waals surface area (Å²) in [5, 5.41) is 8.08. The number of urea groups is 1. The molecule has 118 valence electrons. The Balaban J connectivity index is 1.64. The molecule has 1 unspecified atom stereocenters. The van der Waals surface area contributed by atoms with Crippen molar-refractivity contribution in [2.45, 2.75) is 13.0 Å². The van der Waals surface area contributed by atoms with Crippen molar-refractivity contribution in [3.63, 3.8) is 0 Å². The molecule has 0 saturated carbocycles. The molecule has 2 aromatic rings. The van der Waals surface area contributed by atoms with E-state index < -0.39 is 12.1 Å². The minimum absolute atomic E-state index is 0.0735. The Morgan fingerprint density at radius 3 is 2.87 bits per heavy atom. The average Bonchev–Trinajstić information content (AvgIpc) is 2.67. The first-order valence-corrected chi connectivity index (χ1v) is 7.29. The summed E-state index contributed by atoms with van der Waals surface area (Å²) in [5.74, 6) is 0.276. The SMILES string of the molecule is Cc1cccc(NC(=O)NC2COc3ccccc3NC2=O)c1. The molecule has 6 nitrogen and oxygen atoms in total. The fraction of sp³-hybridized carbons (Fsp3) is 0.176. The van der Waals surface area contributed by atoms with E-state index in [4.69, 9.17) is 4.74 Å². The van der Waals surface area contributed by atoms with Gasteiger partial charge in [-0.1, -0.05) is 24.3 Å². The minimum Gasteiger partial charge on any atom is -0.489 e. The zero-order chi connectivity index (χ0) is 16.2. The lowest BCUT2D eigenvalue weighted by molar-refractivity contribution is -0.118. The monoisotopic (exact) mass is 311 g/mol. The van der Waals surface area contributed by atoms with Crippen LogP contribution in [0, 0.1) is 6.92 Å². The van der Waals surface area contributed by atoms with Crippen LogP contribution in [0.15, 0.2) is 48.5 Å². The maximum atomic E-state index is 12.2. The lowest BCUT2D eigenvalue weighted by Gasteiger charge is -2.15. The molecule has 0 aromatic heterocycles. The number of carbonyl (C=O) groups excluding carboxylic acids is 2. The van der Waals surface area contributed by atoms with Crippen LogP contribution in [0.3, 0.4) is 0 Å². The van der Waals surface area contributed by atoms with Gasteiger partial charge in [-0.2, -0.15) is 0 Å². The highest BCUT2D eigenvalue weighted by molar-refractivity contribution is 6.00. The third kappa shape index (κ3) is 3.60. The summed E-state index contributed by atoms with van der Waals surface area (Å²) in [4.78, 5) is 24.3. The topological polar surface area (TPSA) is 79.5 Å². The summed E-state index contributed by atoms with van der Waals surface area (Å²) in [5.41, 5.74) is 2.30. The zero-order valence-corrected chi connectivity index (χ0v) is 12.6. The maximum absolute atomic E-state index is 12.2. The smallest absolute Gasteiger partial charge is 0.320 e. The number of hydrogen-bond donors (Lipinski definition) is 3. The van der Waals surface area contributed by atoms with E-state index in [-0.39, 0.29) is 12.5 Å². The van der Waals surface area contributed by atoms with Crippen LogP contribution in [0.2, 0.25) is 0 Å². The van der Waals surface area contributed by atoms with E-state index in [1.807, 2.05) is 31.2 Å². The van der Waals surface area contributed by atoms with Gasteiger partial charge in [0.15, 0.2) is 0 Å². The molecule has 6 heteroatoms. The standard InChI is InChI=1S/C17H17N3O3/c1-11-5-4-6-12(9-11)18-17(22)20-14-10-23-15-8-3-2-7-13(15)19-16(14)21/h2-9,14H,10H2,1H3,(H,19,21)(H2,18,20,22). The second kappa shape index (κ2) is 6.39.